The number of nitrogens with zero attached hydrogens (tertiary/aromatic N) is 7. The van der Waals surface area contributed by atoms with Crippen LogP contribution in [0.25, 0.3) is 17.1 Å². The van der Waals surface area contributed by atoms with Crippen molar-refractivity contribution in [3.63, 3.8) is 0 Å². The zero-order valence-corrected chi connectivity index (χ0v) is 17.3. The summed E-state index contributed by atoms with van der Waals surface area (Å²) in [6.07, 6.45) is 3.28. The van der Waals surface area contributed by atoms with Crippen LogP contribution in [0.15, 0.2) is 58.5 Å². The second-order valence-electron chi connectivity index (χ2n) is 6.51. The zero-order chi connectivity index (χ0) is 22.5. The molecule has 162 valence electrons. The lowest BCUT2D eigenvalue weighted by Crippen LogP contribution is -2.21. The van der Waals surface area contributed by atoms with Crippen LogP contribution >= 0.6 is 0 Å². The average molecular weight is 433 g/mol. The van der Waals surface area contributed by atoms with Crippen molar-refractivity contribution in [2.45, 2.75) is 13.8 Å². The van der Waals surface area contributed by atoms with E-state index >= 15 is 0 Å². The Morgan fingerprint density at radius 2 is 2.06 bits per heavy atom. The third kappa shape index (κ3) is 4.14. The monoisotopic (exact) mass is 433 g/mol. The molecule has 0 aliphatic carbocycles. The molecule has 3 N–H and O–H groups in total. The SMILES string of the molecule is CCOc1cccc(-c2c(C(=O)NN=C(C)c3ccncc3)nnn2-c2nonc2N)c1. The van der Waals surface area contributed by atoms with Crippen molar-refractivity contribution in [1.82, 2.24) is 35.7 Å². The Hall–Kier alpha value is -4.61. The second-order valence-corrected chi connectivity index (χ2v) is 6.51. The Morgan fingerprint density at radius 3 is 2.78 bits per heavy atom. The number of hydrogen-bond acceptors (Lipinski definition) is 10. The molecule has 3 heterocycles. The van der Waals surface area contributed by atoms with E-state index < -0.39 is 5.91 Å². The molecular formula is C20H19N9O3. The van der Waals surface area contributed by atoms with Gasteiger partial charge in [-0.05, 0) is 48.4 Å². The third-order valence-electron chi connectivity index (χ3n) is 4.42. The molecule has 0 aliphatic rings. The molecule has 12 nitrogen and oxygen atoms in total. The van der Waals surface area contributed by atoms with E-state index in [0.717, 1.165) is 5.56 Å². The van der Waals surface area contributed by atoms with E-state index in [9.17, 15) is 4.79 Å². The number of benzene rings is 1. The summed E-state index contributed by atoms with van der Waals surface area (Å²) in [7, 11) is 0. The number of nitrogens with two attached hydrogens (primary N) is 1. The van der Waals surface area contributed by atoms with Gasteiger partial charge >= 0.3 is 0 Å². The number of hydrazone groups is 1. The molecule has 0 atom stereocenters. The Labute approximate surface area is 182 Å². The smallest absolute Gasteiger partial charge is 0.294 e. The van der Waals surface area contributed by atoms with Gasteiger partial charge in [-0.1, -0.05) is 17.3 Å². The van der Waals surface area contributed by atoms with Crippen molar-refractivity contribution in [3.8, 4) is 22.8 Å². The Morgan fingerprint density at radius 1 is 1.25 bits per heavy atom. The predicted octanol–water partition coefficient (Wildman–Crippen LogP) is 1.85. The number of pyridine rings is 1. The van der Waals surface area contributed by atoms with Gasteiger partial charge in [0.15, 0.2) is 5.69 Å². The van der Waals surface area contributed by atoms with E-state index in [1.807, 2.05) is 6.92 Å². The second kappa shape index (κ2) is 9.04. The number of hydrogen-bond donors (Lipinski definition) is 2. The molecule has 4 aromatic rings. The molecule has 4 rings (SSSR count). The van der Waals surface area contributed by atoms with Crippen LogP contribution in [0.3, 0.4) is 0 Å². The van der Waals surface area contributed by atoms with Crippen LogP contribution in [0.2, 0.25) is 0 Å². The standard InChI is InChI=1S/C20H19N9O3/c1-3-31-15-6-4-5-14(11-15)17-16(24-28-29(17)19-18(21)26-32-27-19)20(30)25-23-12(2)13-7-9-22-10-8-13/h4-11H,3H2,1-2H3,(H2,21,26)(H,25,30). The number of amides is 1. The molecule has 0 fully saturated rings. The van der Waals surface area contributed by atoms with E-state index in [2.05, 4.69) is 40.8 Å². The number of rotatable bonds is 7. The number of anilines is 1. The van der Waals surface area contributed by atoms with Gasteiger partial charge in [-0.3, -0.25) is 9.78 Å². The molecule has 0 spiro atoms. The fraction of sp³-hybridized carbons (Fsp3) is 0.150. The fourth-order valence-electron chi connectivity index (χ4n) is 2.92. The van der Waals surface area contributed by atoms with Gasteiger partial charge in [0, 0.05) is 23.5 Å². The van der Waals surface area contributed by atoms with Crippen molar-refractivity contribution in [2.75, 3.05) is 12.3 Å². The molecular weight excluding hydrogens is 414 g/mol. The van der Waals surface area contributed by atoms with E-state index in [1.54, 1.807) is 55.7 Å². The predicted molar refractivity (Wildman–Crippen MR) is 114 cm³/mol. The van der Waals surface area contributed by atoms with Gasteiger partial charge in [0.1, 0.15) is 11.4 Å². The summed E-state index contributed by atoms with van der Waals surface area (Å²) >= 11 is 0. The van der Waals surface area contributed by atoms with Gasteiger partial charge in [0.05, 0.1) is 12.3 Å². The van der Waals surface area contributed by atoms with Crippen LogP contribution in [0.5, 0.6) is 5.75 Å². The summed E-state index contributed by atoms with van der Waals surface area (Å²) in [5.41, 5.74) is 10.7. The molecule has 12 heteroatoms. The summed E-state index contributed by atoms with van der Waals surface area (Å²) in [6, 6.07) is 10.7. The summed E-state index contributed by atoms with van der Waals surface area (Å²) in [5, 5.41) is 19.6. The average Bonchev–Trinajstić information content (AvgIpc) is 3.44. The number of carbonyl (C=O) groups is 1. The summed E-state index contributed by atoms with van der Waals surface area (Å²) in [6.45, 7) is 4.13. The van der Waals surface area contributed by atoms with Crippen molar-refractivity contribution >= 4 is 17.4 Å². The normalized spacial score (nSPS) is 11.4. The quantitative estimate of drug-likeness (QED) is 0.327. The highest BCUT2D eigenvalue weighted by atomic mass is 16.6. The van der Waals surface area contributed by atoms with E-state index in [0.29, 0.717) is 29.3 Å². The number of carbonyl (C=O) groups excluding carboxylic acids is 1. The number of aromatic nitrogens is 6. The van der Waals surface area contributed by atoms with Gasteiger partial charge in [0.2, 0.25) is 11.6 Å². The maximum atomic E-state index is 13.0. The summed E-state index contributed by atoms with van der Waals surface area (Å²) in [4.78, 5) is 17.0. The molecule has 0 radical (unpaired) electrons. The first-order valence-corrected chi connectivity index (χ1v) is 9.60. The molecule has 1 aromatic carbocycles. The first kappa shape index (κ1) is 20.7. The Bertz CT molecular complexity index is 1260. The molecule has 0 aliphatic heterocycles. The fourth-order valence-corrected chi connectivity index (χ4v) is 2.92. The van der Waals surface area contributed by atoms with Gasteiger partial charge in [-0.2, -0.15) is 9.78 Å². The van der Waals surface area contributed by atoms with Gasteiger partial charge in [0.25, 0.3) is 5.91 Å². The van der Waals surface area contributed by atoms with Crippen molar-refractivity contribution < 1.29 is 14.2 Å². The van der Waals surface area contributed by atoms with Gasteiger partial charge in [-0.25, -0.2) is 10.1 Å². The minimum absolute atomic E-state index is 0.00405. The highest BCUT2D eigenvalue weighted by Crippen LogP contribution is 2.29. The molecule has 0 saturated carbocycles. The minimum Gasteiger partial charge on any atom is -0.494 e. The van der Waals surface area contributed by atoms with Gasteiger partial charge in [-0.15, -0.1) is 5.10 Å². The van der Waals surface area contributed by atoms with Crippen LogP contribution in [-0.4, -0.2) is 48.5 Å². The van der Waals surface area contributed by atoms with Crippen molar-refractivity contribution in [1.29, 1.82) is 0 Å². The summed E-state index contributed by atoms with van der Waals surface area (Å²) in [5.74, 6) is 0.138. The van der Waals surface area contributed by atoms with E-state index in [4.69, 9.17) is 10.5 Å². The topological polar surface area (TPSA) is 159 Å². The van der Waals surface area contributed by atoms with Crippen LogP contribution in [0, 0.1) is 0 Å². The minimum atomic E-state index is -0.573. The molecule has 0 bridgehead atoms. The lowest BCUT2D eigenvalue weighted by atomic mass is 10.1. The first-order valence-electron chi connectivity index (χ1n) is 9.60. The largest absolute Gasteiger partial charge is 0.494 e. The number of nitrogens with one attached hydrogen (secondary N) is 1. The highest BCUT2D eigenvalue weighted by molar-refractivity contribution is 6.02. The first-order chi connectivity index (χ1) is 15.6. The molecule has 1 amide bonds. The van der Waals surface area contributed by atoms with Gasteiger partial charge < -0.3 is 10.5 Å². The highest BCUT2D eigenvalue weighted by Gasteiger charge is 2.25. The molecule has 0 unspecified atom stereocenters. The lowest BCUT2D eigenvalue weighted by molar-refractivity contribution is 0.0950. The van der Waals surface area contributed by atoms with Crippen molar-refractivity contribution in [3.05, 3.63) is 60.0 Å². The number of nitrogen functional groups attached to an aromatic ring is 1. The van der Waals surface area contributed by atoms with Crippen LogP contribution in [0.4, 0.5) is 5.82 Å². The zero-order valence-electron chi connectivity index (χ0n) is 17.3. The Kier molecular flexibility index (Phi) is 5.83. The van der Waals surface area contributed by atoms with Crippen molar-refractivity contribution in [2.24, 2.45) is 5.10 Å². The Balaban J connectivity index is 1.74. The maximum Gasteiger partial charge on any atom is 0.294 e. The summed E-state index contributed by atoms with van der Waals surface area (Å²) < 4.78 is 11.5. The molecule has 0 saturated heterocycles. The van der Waals surface area contributed by atoms with Crippen LogP contribution < -0.4 is 15.9 Å². The van der Waals surface area contributed by atoms with Crippen LogP contribution in [-0.2, 0) is 0 Å². The van der Waals surface area contributed by atoms with E-state index in [1.165, 1.54) is 4.68 Å². The lowest BCUT2D eigenvalue weighted by Gasteiger charge is -2.08. The third-order valence-corrected chi connectivity index (χ3v) is 4.42. The molecule has 3 aromatic heterocycles. The maximum absolute atomic E-state index is 13.0. The van der Waals surface area contributed by atoms with E-state index in [-0.39, 0.29) is 17.3 Å². The number of ether oxygens (including phenoxy) is 1. The molecule has 32 heavy (non-hydrogen) atoms. The van der Waals surface area contributed by atoms with Crippen LogP contribution in [0.1, 0.15) is 29.9 Å².